The Hall–Kier alpha value is -2.00. The van der Waals surface area contributed by atoms with Gasteiger partial charge in [-0.2, -0.15) is 0 Å². The molecule has 0 unspecified atom stereocenters. The molecular formula is C19H22ClNO2. The first-order valence-corrected chi connectivity index (χ1v) is 7.95. The molecule has 122 valence electrons. The Kier molecular flexibility index (Phi) is 5.67. The number of ether oxygens (including phenoxy) is 1. The summed E-state index contributed by atoms with van der Waals surface area (Å²) in [5.41, 5.74) is 1.86. The van der Waals surface area contributed by atoms with Gasteiger partial charge in [-0.05, 0) is 23.8 Å². The van der Waals surface area contributed by atoms with Crippen molar-refractivity contribution in [2.75, 3.05) is 13.7 Å². The molecule has 4 heteroatoms. The molecule has 1 amide bonds. The fraction of sp³-hybridized carbons (Fsp3) is 0.316. The Balaban J connectivity index is 1.96. The lowest BCUT2D eigenvalue weighted by molar-refractivity contribution is -0.120. The van der Waals surface area contributed by atoms with E-state index in [9.17, 15) is 4.79 Å². The third-order valence-corrected chi connectivity index (χ3v) is 4.15. The van der Waals surface area contributed by atoms with Crippen LogP contribution in [0, 0.1) is 0 Å². The van der Waals surface area contributed by atoms with Gasteiger partial charge in [0.15, 0.2) is 0 Å². The number of benzene rings is 2. The highest BCUT2D eigenvalue weighted by Crippen LogP contribution is 2.24. The normalized spacial score (nSPS) is 11.1. The van der Waals surface area contributed by atoms with Crippen molar-refractivity contribution in [3.63, 3.8) is 0 Å². The molecule has 0 aliphatic heterocycles. The predicted octanol–water partition coefficient (Wildman–Crippen LogP) is 3.99. The molecule has 1 N–H and O–H groups in total. The number of carbonyl (C=O) groups is 1. The van der Waals surface area contributed by atoms with E-state index in [0.29, 0.717) is 18.0 Å². The van der Waals surface area contributed by atoms with Crippen molar-refractivity contribution < 1.29 is 9.53 Å². The number of para-hydroxylation sites is 1. The minimum atomic E-state index is -0.166. The number of nitrogens with one attached hydrogen (secondary N) is 1. The van der Waals surface area contributed by atoms with E-state index in [1.165, 1.54) is 0 Å². The van der Waals surface area contributed by atoms with Gasteiger partial charge in [-0.3, -0.25) is 4.79 Å². The Morgan fingerprint density at radius 2 is 1.78 bits per heavy atom. The van der Waals surface area contributed by atoms with Crippen molar-refractivity contribution in [1.82, 2.24) is 5.32 Å². The highest BCUT2D eigenvalue weighted by molar-refractivity contribution is 6.30. The SMILES string of the molecule is COc1ccccc1CC(=O)NCC(C)(C)c1ccc(Cl)cc1. The third kappa shape index (κ3) is 4.73. The summed E-state index contributed by atoms with van der Waals surface area (Å²) in [6.45, 7) is 4.75. The van der Waals surface area contributed by atoms with Crippen molar-refractivity contribution in [2.24, 2.45) is 0 Å². The van der Waals surface area contributed by atoms with Gasteiger partial charge in [0.1, 0.15) is 5.75 Å². The van der Waals surface area contributed by atoms with Crippen LogP contribution in [0.4, 0.5) is 0 Å². The lowest BCUT2D eigenvalue weighted by Gasteiger charge is -2.26. The second kappa shape index (κ2) is 7.51. The molecular weight excluding hydrogens is 310 g/mol. The van der Waals surface area contributed by atoms with Crippen LogP contribution < -0.4 is 10.1 Å². The average molecular weight is 332 g/mol. The summed E-state index contributed by atoms with van der Waals surface area (Å²) in [5.74, 6) is 0.719. The molecule has 2 aromatic carbocycles. The molecule has 0 spiro atoms. The van der Waals surface area contributed by atoms with Crippen LogP contribution in [0.5, 0.6) is 5.75 Å². The molecule has 23 heavy (non-hydrogen) atoms. The van der Waals surface area contributed by atoms with E-state index in [1.807, 2.05) is 48.5 Å². The zero-order chi connectivity index (χ0) is 16.9. The van der Waals surface area contributed by atoms with Gasteiger partial charge in [0.2, 0.25) is 5.91 Å². The van der Waals surface area contributed by atoms with E-state index in [1.54, 1.807) is 7.11 Å². The second-order valence-corrected chi connectivity index (χ2v) is 6.59. The fourth-order valence-corrected chi connectivity index (χ4v) is 2.53. The first kappa shape index (κ1) is 17.4. The molecule has 0 heterocycles. The first-order valence-electron chi connectivity index (χ1n) is 7.57. The third-order valence-electron chi connectivity index (χ3n) is 3.90. The number of hydrogen-bond acceptors (Lipinski definition) is 2. The zero-order valence-corrected chi connectivity index (χ0v) is 14.5. The van der Waals surface area contributed by atoms with Gasteiger partial charge in [-0.15, -0.1) is 0 Å². The summed E-state index contributed by atoms with van der Waals surface area (Å²) in [5, 5.41) is 3.72. The number of hydrogen-bond donors (Lipinski definition) is 1. The van der Waals surface area contributed by atoms with Crippen LogP contribution in [-0.2, 0) is 16.6 Å². The lowest BCUT2D eigenvalue weighted by Crippen LogP contribution is -2.37. The molecule has 0 aliphatic rings. The van der Waals surface area contributed by atoms with Crippen LogP contribution in [0.25, 0.3) is 0 Å². The maximum atomic E-state index is 12.2. The summed E-state index contributed by atoms with van der Waals surface area (Å²) in [7, 11) is 1.61. The van der Waals surface area contributed by atoms with Gasteiger partial charge < -0.3 is 10.1 Å². The lowest BCUT2D eigenvalue weighted by atomic mass is 9.84. The van der Waals surface area contributed by atoms with E-state index >= 15 is 0 Å². The van der Waals surface area contributed by atoms with Crippen LogP contribution in [0.15, 0.2) is 48.5 Å². The molecule has 3 nitrogen and oxygen atoms in total. The molecule has 0 bridgehead atoms. The molecule has 0 radical (unpaired) electrons. The fourth-order valence-electron chi connectivity index (χ4n) is 2.41. The molecule has 0 aliphatic carbocycles. The maximum absolute atomic E-state index is 12.2. The van der Waals surface area contributed by atoms with Crippen molar-refractivity contribution in [1.29, 1.82) is 0 Å². The van der Waals surface area contributed by atoms with Gasteiger partial charge in [-0.25, -0.2) is 0 Å². The van der Waals surface area contributed by atoms with Gasteiger partial charge >= 0.3 is 0 Å². The van der Waals surface area contributed by atoms with Crippen LogP contribution >= 0.6 is 11.6 Å². The van der Waals surface area contributed by atoms with Crippen molar-refractivity contribution >= 4 is 17.5 Å². The quantitative estimate of drug-likeness (QED) is 0.869. The monoisotopic (exact) mass is 331 g/mol. The van der Waals surface area contributed by atoms with E-state index in [4.69, 9.17) is 16.3 Å². The van der Waals surface area contributed by atoms with Crippen molar-refractivity contribution in [2.45, 2.75) is 25.7 Å². The minimum absolute atomic E-state index is 0.0171. The van der Waals surface area contributed by atoms with Crippen LogP contribution in [0.3, 0.4) is 0 Å². The largest absolute Gasteiger partial charge is 0.496 e. The summed E-state index contributed by atoms with van der Waals surface area (Å²) < 4.78 is 5.28. The van der Waals surface area contributed by atoms with Gasteiger partial charge in [0, 0.05) is 22.5 Å². The van der Waals surface area contributed by atoms with Crippen LogP contribution in [-0.4, -0.2) is 19.6 Å². The van der Waals surface area contributed by atoms with Gasteiger partial charge in [-0.1, -0.05) is 55.8 Å². The molecule has 2 rings (SSSR count). The highest BCUT2D eigenvalue weighted by Gasteiger charge is 2.21. The second-order valence-electron chi connectivity index (χ2n) is 6.16. The molecule has 0 saturated heterocycles. The Labute approximate surface area is 142 Å². The molecule has 0 fully saturated rings. The standard InChI is InChI=1S/C19H22ClNO2/c1-19(2,15-8-10-16(20)11-9-15)13-21-18(22)12-14-6-4-5-7-17(14)23-3/h4-11H,12-13H2,1-3H3,(H,21,22). The smallest absolute Gasteiger partial charge is 0.224 e. The number of halogens is 1. The summed E-state index contributed by atoms with van der Waals surface area (Å²) >= 11 is 5.93. The molecule has 0 aromatic heterocycles. The van der Waals surface area contributed by atoms with Crippen LogP contribution in [0.1, 0.15) is 25.0 Å². The maximum Gasteiger partial charge on any atom is 0.224 e. The number of methoxy groups -OCH3 is 1. The van der Waals surface area contributed by atoms with Gasteiger partial charge in [0.25, 0.3) is 0 Å². The minimum Gasteiger partial charge on any atom is -0.496 e. The molecule has 2 aromatic rings. The Bertz CT molecular complexity index is 665. The van der Waals surface area contributed by atoms with E-state index < -0.39 is 0 Å². The molecule has 0 atom stereocenters. The summed E-state index contributed by atoms with van der Waals surface area (Å²) in [4.78, 5) is 12.2. The Morgan fingerprint density at radius 3 is 2.43 bits per heavy atom. The number of carbonyl (C=O) groups excluding carboxylic acids is 1. The first-order chi connectivity index (χ1) is 10.9. The summed E-state index contributed by atoms with van der Waals surface area (Å²) in [6, 6.07) is 15.3. The van der Waals surface area contributed by atoms with Crippen LogP contribution in [0.2, 0.25) is 5.02 Å². The van der Waals surface area contributed by atoms with Gasteiger partial charge in [0.05, 0.1) is 13.5 Å². The van der Waals surface area contributed by atoms with E-state index in [0.717, 1.165) is 16.9 Å². The summed E-state index contributed by atoms with van der Waals surface area (Å²) in [6.07, 6.45) is 0.306. The molecule has 0 saturated carbocycles. The Morgan fingerprint density at radius 1 is 1.13 bits per heavy atom. The topological polar surface area (TPSA) is 38.3 Å². The number of amides is 1. The van der Waals surface area contributed by atoms with E-state index in [-0.39, 0.29) is 11.3 Å². The average Bonchev–Trinajstić information content (AvgIpc) is 2.54. The van der Waals surface area contributed by atoms with E-state index in [2.05, 4.69) is 19.2 Å². The van der Waals surface area contributed by atoms with Crippen molar-refractivity contribution in [3.8, 4) is 5.75 Å². The number of rotatable bonds is 6. The predicted molar refractivity (Wildman–Crippen MR) is 94.2 cm³/mol. The van der Waals surface area contributed by atoms with Crippen molar-refractivity contribution in [3.05, 3.63) is 64.7 Å². The zero-order valence-electron chi connectivity index (χ0n) is 13.7. The highest BCUT2D eigenvalue weighted by atomic mass is 35.5.